The average molecular weight is 1190 g/mol. The Morgan fingerprint density at radius 1 is 0.538 bits per heavy atom. The lowest BCUT2D eigenvalue weighted by atomic mass is 9.49. The number of rotatable bonds is 10. The Kier molecular flexibility index (Phi) is 17.4. The molecular weight excluding hydrogens is 1120 g/mol. The van der Waals surface area contributed by atoms with Crippen molar-refractivity contribution in [3.8, 4) is 0 Å². The Labute approximate surface area is 468 Å². The molecule has 0 radical (unpaired) electrons. The van der Waals surface area contributed by atoms with E-state index >= 15 is 0 Å². The second kappa shape index (κ2) is 22.0. The molecule has 2 aromatic carbocycles. The van der Waals surface area contributed by atoms with Crippen LogP contribution in [0.1, 0.15) is 104 Å². The maximum absolute atomic E-state index is 13.0. The molecule has 22 nitrogen and oxygen atoms in total. The SMILES string of the molecule is CC1(C)OB(B2OC(C)(C)C(C)(C)O2)OC1(C)C.CNC(=O)c1c(N2CCOCC2)oc2cc(N(C)S(C)(=O)=O)c(B3OC(C)(C)C(C)(C)O3)cc12.CNC(=O)c1c(N2CCOCC2)oc2cc(N(C)S(C)(=O)=O)c(Br)cc12. The molecule has 28 heteroatoms. The Morgan fingerprint density at radius 3 is 1.21 bits per heavy atom. The highest BCUT2D eigenvalue weighted by Gasteiger charge is 2.64. The summed E-state index contributed by atoms with van der Waals surface area (Å²) >= 11 is 3.41. The largest absolute Gasteiger partial charge is 0.497 e. The zero-order valence-electron chi connectivity index (χ0n) is 48.2. The predicted octanol–water partition coefficient (Wildman–Crippen LogP) is 5.36. The van der Waals surface area contributed by atoms with Crippen molar-refractivity contribution >= 4 is 119 Å². The number of nitrogens with zero attached hydrogens (tertiary/aromatic N) is 4. The number of carbonyl (C=O) groups is 2. The van der Waals surface area contributed by atoms with E-state index in [1.54, 1.807) is 38.4 Å². The molecule has 0 saturated carbocycles. The average Bonchev–Trinajstić information content (AvgIpc) is 4.22. The Balaban J connectivity index is 0.000000178. The van der Waals surface area contributed by atoms with Crippen molar-refractivity contribution in [3.63, 3.8) is 0 Å². The quantitative estimate of drug-likeness (QED) is 0.190. The minimum Gasteiger partial charge on any atom is -0.440 e. The fourth-order valence-corrected chi connectivity index (χ4v) is 10.7. The summed E-state index contributed by atoms with van der Waals surface area (Å²) in [6, 6.07) is 6.71. The molecule has 0 spiro atoms. The Hall–Kier alpha value is -4.09. The summed E-state index contributed by atoms with van der Waals surface area (Å²) in [7, 11) is -2.78. The maximum Gasteiger partial charge on any atom is 0.497 e. The standard InChI is InChI=1S/C22H32BN3O7S.C16H20BrN3O5S.C12H24B2O4/c1-21(2)22(3,4)33-23(32-21)15-12-14-17(13-16(15)25(6)34(7,28)29)31-20(18(14)19(27)24-5)26-8-10-30-11-9-26;1-18-15(21)14-10-8-11(17)12(19(2)26(3,22)23)9-13(10)25-16(14)20-4-6-24-7-5-20;1-9(2)10(3,4)16-13(15-9)14-17-11(5,6)12(7,8)18-14/h12-13H,8-11H2,1-7H3,(H,24,27);8-9H,4-7H2,1-3H3,(H,18,21);1-8H3. The number of benzene rings is 2. The first-order valence-corrected chi connectivity index (χ1v) is 30.3. The number of sulfonamides is 2. The van der Waals surface area contributed by atoms with Crippen molar-refractivity contribution in [2.45, 2.75) is 117 Å². The molecule has 9 rings (SSSR count). The van der Waals surface area contributed by atoms with E-state index in [4.69, 9.17) is 46.2 Å². The van der Waals surface area contributed by atoms with Gasteiger partial charge in [0.15, 0.2) is 0 Å². The summed E-state index contributed by atoms with van der Waals surface area (Å²) in [4.78, 5) is 29.4. The van der Waals surface area contributed by atoms with Gasteiger partial charge in [0.25, 0.3) is 11.8 Å². The minimum absolute atomic E-state index is 0.263. The highest BCUT2D eigenvalue weighted by Crippen LogP contribution is 2.44. The van der Waals surface area contributed by atoms with Gasteiger partial charge >= 0.3 is 21.1 Å². The molecule has 5 fully saturated rings. The summed E-state index contributed by atoms with van der Waals surface area (Å²) in [6.45, 7) is 28.4. The molecule has 7 heterocycles. The Morgan fingerprint density at radius 2 is 0.859 bits per heavy atom. The first kappa shape index (κ1) is 61.5. The molecule has 0 unspecified atom stereocenters. The number of carbonyl (C=O) groups excluding carboxylic acids is 2. The van der Waals surface area contributed by atoms with E-state index in [0.717, 1.165) is 16.8 Å². The molecular formula is C50H76B3BrN6O16S2. The number of amides is 2. The molecule has 4 aromatic rings. The topological polar surface area (TPSA) is 240 Å². The van der Waals surface area contributed by atoms with Gasteiger partial charge in [-0.25, -0.2) is 16.8 Å². The van der Waals surface area contributed by atoms with Gasteiger partial charge in [0, 0.05) is 87.2 Å². The zero-order valence-corrected chi connectivity index (χ0v) is 51.4. The van der Waals surface area contributed by atoms with Gasteiger partial charge in [-0.3, -0.25) is 18.2 Å². The van der Waals surface area contributed by atoms with Crippen molar-refractivity contribution in [2.75, 3.05) is 112 Å². The van der Waals surface area contributed by atoms with Crippen LogP contribution in [0.15, 0.2) is 37.6 Å². The minimum atomic E-state index is -3.60. The van der Waals surface area contributed by atoms with Gasteiger partial charge in [0.05, 0.1) is 83.9 Å². The summed E-state index contributed by atoms with van der Waals surface area (Å²) < 4.78 is 111. The van der Waals surface area contributed by atoms with Gasteiger partial charge in [-0.05, 0) is 111 Å². The lowest BCUT2D eigenvalue weighted by Crippen LogP contribution is -2.41. The number of morpholine rings is 2. The molecule has 2 aromatic heterocycles. The van der Waals surface area contributed by atoms with Crippen LogP contribution in [0.4, 0.5) is 23.1 Å². The number of hydrogen-bond acceptors (Lipinski definition) is 18. The molecule has 0 aliphatic carbocycles. The fraction of sp³-hybridized carbons (Fsp3) is 0.640. The van der Waals surface area contributed by atoms with Crippen molar-refractivity contribution in [1.82, 2.24) is 10.6 Å². The van der Waals surface area contributed by atoms with Crippen LogP contribution >= 0.6 is 15.9 Å². The van der Waals surface area contributed by atoms with Crippen LogP contribution in [0.3, 0.4) is 0 Å². The number of ether oxygens (including phenoxy) is 2. The second-order valence-corrected chi connectivity index (χ2v) is 27.8. The first-order valence-electron chi connectivity index (χ1n) is 25.8. The maximum atomic E-state index is 13.0. The van der Waals surface area contributed by atoms with Crippen molar-refractivity contribution in [3.05, 3.63) is 39.9 Å². The lowest BCUT2D eigenvalue weighted by Gasteiger charge is -2.32. The van der Waals surface area contributed by atoms with Gasteiger partial charge < -0.3 is 66.7 Å². The van der Waals surface area contributed by atoms with E-state index in [2.05, 4.69) is 26.6 Å². The van der Waals surface area contributed by atoms with Crippen LogP contribution in [0.25, 0.3) is 21.9 Å². The summed E-state index contributed by atoms with van der Waals surface area (Å²) in [6.07, 6.45) is 2.25. The number of anilines is 4. The molecule has 0 bridgehead atoms. The molecule has 0 atom stereocenters. The van der Waals surface area contributed by atoms with E-state index in [0.29, 0.717) is 119 Å². The molecule has 2 N–H and O–H groups in total. The number of furan rings is 2. The van der Waals surface area contributed by atoms with Crippen molar-refractivity contribution in [1.29, 1.82) is 0 Å². The van der Waals surface area contributed by atoms with Crippen LogP contribution in [0.5, 0.6) is 0 Å². The van der Waals surface area contributed by atoms with Gasteiger partial charge in [0.1, 0.15) is 22.3 Å². The molecule has 430 valence electrons. The Bertz CT molecular complexity index is 3060. The van der Waals surface area contributed by atoms with E-state index in [1.165, 1.54) is 18.4 Å². The third kappa shape index (κ3) is 12.1. The van der Waals surface area contributed by atoms with Crippen LogP contribution < -0.4 is 34.5 Å². The van der Waals surface area contributed by atoms with Crippen LogP contribution in [-0.2, 0) is 57.4 Å². The highest BCUT2D eigenvalue weighted by atomic mass is 79.9. The van der Waals surface area contributed by atoms with Gasteiger partial charge in [-0.1, -0.05) is 0 Å². The second-order valence-electron chi connectivity index (χ2n) is 22.9. The van der Waals surface area contributed by atoms with E-state index in [-0.39, 0.29) is 34.2 Å². The summed E-state index contributed by atoms with van der Waals surface area (Å²) in [5.74, 6) is 0.330. The summed E-state index contributed by atoms with van der Waals surface area (Å²) in [5, 5.41) is 6.50. The summed E-state index contributed by atoms with van der Waals surface area (Å²) in [5.41, 5.74) is 0.238. The van der Waals surface area contributed by atoms with Gasteiger partial charge in [-0.2, -0.15) is 0 Å². The predicted molar refractivity (Wildman–Crippen MR) is 307 cm³/mol. The normalized spacial score (nSPS) is 21.2. The van der Waals surface area contributed by atoms with Crippen molar-refractivity contribution < 1.29 is 72.7 Å². The molecule has 5 aliphatic heterocycles. The number of halogens is 1. The molecule has 5 aliphatic rings. The van der Waals surface area contributed by atoms with Crippen LogP contribution in [-0.4, -0.2) is 177 Å². The third-order valence-corrected chi connectivity index (χ3v) is 19.0. The van der Waals surface area contributed by atoms with Crippen LogP contribution in [0, 0.1) is 0 Å². The van der Waals surface area contributed by atoms with Crippen molar-refractivity contribution in [2.24, 2.45) is 0 Å². The number of nitrogens with one attached hydrogen (secondary N) is 2. The monoisotopic (exact) mass is 1190 g/mol. The number of fused-ring (bicyclic) bond motifs is 2. The third-order valence-electron chi connectivity index (χ3n) is 16.0. The van der Waals surface area contributed by atoms with Gasteiger partial charge in [0.2, 0.25) is 31.8 Å². The number of hydrogen-bond donors (Lipinski definition) is 2. The smallest absolute Gasteiger partial charge is 0.440 e. The molecule has 5 saturated heterocycles. The molecule has 2 amide bonds. The van der Waals surface area contributed by atoms with E-state index in [9.17, 15) is 26.4 Å². The van der Waals surface area contributed by atoms with Crippen LogP contribution in [0.2, 0.25) is 0 Å². The van der Waals surface area contributed by atoms with E-state index in [1.807, 2.05) is 92.9 Å². The fourth-order valence-electron chi connectivity index (χ4n) is 8.93. The van der Waals surface area contributed by atoms with E-state index < -0.39 is 52.4 Å². The highest BCUT2D eigenvalue weighted by molar-refractivity contribution is 9.10. The zero-order chi connectivity index (χ0) is 58.1. The molecule has 78 heavy (non-hydrogen) atoms. The van der Waals surface area contributed by atoms with Gasteiger partial charge in [-0.15, -0.1) is 0 Å². The first-order chi connectivity index (χ1) is 35.9. The lowest BCUT2D eigenvalue weighted by molar-refractivity contribution is 0.00578.